The van der Waals surface area contributed by atoms with E-state index in [0.29, 0.717) is 0 Å². The number of thioether (sulfide) groups is 1. The van der Waals surface area contributed by atoms with Crippen molar-refractivity contribution in [1.29, 1.82) is 0 Å². The molecule has 16 heavy (non-hydrogen) atoms. The molecule has 0 fully saturated rings. The summed E-state index contributed by atoms with van der Waals surface area (Å²) in [4.78, 5) is 1.16. The molecule has 0 heterocycles. The van der Waals surface area contributed by atoms with E-state index in [0.717, 1.165) is 27.2 Å². The van der Waals surface area contributed by atoms with E-state index in [2.05, 4.69) is 26.0 Å². The van der Waals surface area contributed by atoms with Gasteiger partial charge in [0, 0.05) is 10.9 Å². The topological polar surface area (TPSA) is 26.0 Å². The fourth-order valence-corrected chi connectivity index (χ4v) is 2.84. The zero-order valence-electron chi connectivity index (χ0n) is 10.2. The molecule has 0 aliphatic carbocycles. The lowest BCUT2D eigenvalue weighted by molar-refractivity contribution is 0.632. The average Bonchev–Trinajstić information content (AvgIpc) is 2.19. The predicted octanol–water partition coefficient (Wildman–Crippen LogP) is 4.50. The maximum atomic E-state index is 6.21. The molecular weight excluding hydrogens is 238 g/mol. The Kier molecular flexibility index (Phi) is 5.67. The van der Waals surface area contributed by atoms with Crippen LogP contribution in [-0.4, -0.2) is 5.75 Å². The first-order chi connectivity index (χ1) is 7.50. The van der Waals surface area contributed by atoms with Gasteiger partial charge < -0.3 is 5.73 Å². The molecule has 1 aromatic rings. The lowest BCUT2D eigenvalue weighted by Crippen LogP contribution is -2.04. The molecule has 1 rings (SSSR count). The van der Waals surface area contributed by atoms with E-state index in [1.54, 1.807) is 0 Å². The minimum absolute atomic E-state index is 0.0483. The van der Waals surface area contributed by atoms with E-state index in [1.807, 2.05) is 24.8 Å². The van der Waals surface area contributed by atoms with Gasteiger partial charge in [0.05, 0.1) is 5.02 Å². The molecule has 0 aliphatic heterocycles. The summed E-state index contributed by atoms with van der Waals surface area (Å²) in [5, 5.41) is 0.823. The predicted molar refractivity (Wildman–Crippen MR) is 74.2 cm³/mol. The Morgan fingerprint density at radius 3 is 2.50 bits per heavy atom. The van der Waals surface area contributed by atoms with E-state index >= 15 is 0 Å². The van der Waals surface area contributed by atoms with Crippen LogP contribution in [0, 0.1) is 5.92 Å². The van der Waals surface area contributed by atoms with Crippen LogP contribution in [0.15, 0.2) is 23.1 Å². The van der Waals surface area contributed by atoms with E-state index in [1.165, 1.54) is 6.42 Å². The molecule has 0 radical (unpaired) electrons. The molecule has 0 bridgehead atoms. The second-order valence-electron chi connectivity index (χ2n) is 4.51. The summed E-state index contributed by atoms with van der Waals surface area (Å²) in [5.74, 6) is 1.86. The Bertz CT molecular complexity index is 337. The van der Waals surface area contributed by atoms with Crippen LogP contribution in [0.25, 0.3) is 0 Å². The Labute approximate surface area is 108 Å². The number of halogens is 1. The highest BCUT2D eigenvalue weighted by Crippen LogP contribution is 2.30. The zero-order valence-corrected chi connectivity index (χ0v) is 11.7. The van der Waals surface area contributed by atoms with E-state index < -0.39 is 0 Å². The summed E-state index contributed by atoms with van der Waals surface area (Å²) < 4.78 is 0. The minimum Gasteiger partial charge on any atom is -0.324 e. The van der Waals surface area contributed by atoms with Gasteiger partial charge in [-0.05, 0) is 42.7 Å². The summed E-state index contributed by atoms with van der Waals surface area (Å²) in [6, 6.07) is 6.16. The molecule has 0 saturated heterocycles. The largest absolute Gasteiger partial charge is 0.324 e. The summed E-state index contributed by atoms with van der Waals surface area (Å²) in [5.41, 5.74) is 6.90. The molecule has 0 amide bonds. The van der Waals surface area contributed by atoms with E-state index in [-0.39, 0.29) is 6.04 Å². The summed E-state index contributed by atoms with van der Waals surface area (Å²) in [6.45, 7) is 6.44. The van der Waals surface area contributed by atoms with Crippen LogP contribution in [0.1, 0.15) is 38.8 Å². The van der Waals surface area contributed by atoms with Crippen molar-refractivity contribution >= 4 is 23.4 Å². The Hall–Kier alpha value is -0.180. The van der Waals surface area contributed by atoms with Crippen LogP contribution < -0.4 is 5.73 Å². The molecule has 1 nitrogen and oxygen atoms in total. The van der Waals surface area contributed by atoms with E-state index in [4.69, 9.17) is 17.3 Å². The van der Waals surface area contributed by atoms with Gasteiger partial charge in [0.2, 0.25) is 0 Å². The Morgan fingerprint density at radius 1 is 1.31 bits per heavy atom. The van der Waals surface area contributed by atoms with Crippen LogP contribution >= 0.6 is 23.4 Å². The van der Waals surface area contributed by atoms with Crippen LogP contribution in [0.5, 0.6) is 0 Å². The van der Waals surface area contributed by atoms with Gasteiger partial charge in [0.25, 0.3) is 0 Å². The van der Waals surface area contributed by atoms with Crippen molar-refractivity contribution in [2.45, 2.75) is 38.1 Å². The van der Waals surface area contributed by atoms with Crippen molar-refractivity contribution in [1.82, 2.24) is 0 Å². The molecule has 1 unspecified atom stereocenters. The molecule has 2 N–H and O–H groups in total. The third-order valence-corrected chi connectivity index (χ3v) is 3.97. The molecule has 3 heteroatoms. The smallest absolute Gasteiger partial charge is 0.0545 e. The van der Waals surface area contributed by atoms with Crippen LogP contribution in [0.4, 0.5) is 0 Å². The molecule has 0 aromatic heterocycles. The number of hydrogen-bond donors (Lipinski definition) is 1. The van der Waals surface area contributed by atoms with Gasteiger partial charge in [-0.3, -0.25) is 0 Å². The highest BCUT2D eigenvalue weighted by molar-refractivity contribution is 7.99. The summed E-state index contributed by atoms with van der Waals surface area (Å²) >= 11 is 8.04. The monoisotopic (exact) mass is 257 g/mol. The van der Waals surface area contributed by atoms with Crippen molar-refractivity contribution in [3.05, 3.63) is 28.8 Å². The highest BCUT2D eigenvalue weighted by atomic mass is 35.5. The van der Waals surface area contributed by atoms with Crippen molar-refractivity contribution in [2.75, 3.05) is 5.75 Å². The van der Waals surface area contributed by atoms with Gasteiger partial charge in [-0.2, -0.15) is 0 Å². The van der Waals surface area contributed by atoms with Gasteiger partial charge in [-0.1, -0.05) is 31.5 Å². The molecule has 1 aromatic carbocycles. The first-order valence-corrected chi connectivity index (χ1v) is 7.05. The molecule has 0 aliphatic rings. The van der Waals surface area contributed by atoms with Crippen molar-refractivity contribution in [3.63, 3.8) is 0 Å². The van der Waals surface area contributed by atoms with Crippen LogP contribution in [-0.2, 0) is 0 Å². The maximum Gasteiger partial charge on any atom is 0.0545 e. The summed E-state index contributed by atoms with van der Waals surface area (Å²) in [6.07, 6.45) is 1.22. The van der Waals surface area contributed by atoms with Crippen molar-refractivity contribution < 1.29 is 0 Å². The van der Waals surface area contributed by atoms with Crippen LogP contribution in [0.2, 0.25) is 5.02 Å². The molecule has 1 atom stereocenters. The summed E-state index contributed by atoms with van der Waals surface area (Å²) in [7, 11) is 0. The quantitative estimate of drug-likeness (QED) is 0.786. The number of benzene rings is 1. The second-order valence-corrected chi connectivity index (χ2v) is 6.05. The standard InChI is InChI=1S/C13H20ClNS/c1-9(2)6-7-16-13-5-4-11(10(3)15)8-12(13)14/h4-5,8-10H,6-7,15H2,1-3H3. The average molecular weight is 258 g/mol. The fraction of sp³-hybridized carbons (Fsp3) is 0.538. The third-order valence-electron chi connectivity index (χ3n) is 2.43. The van der Waals surface area contributed by atoms with Gasteiger partial charge in [-0.15, -0.1) is 11.8 Å². The van der Waals surface area contributed by atoms with Gasteiger partial charge in [0.1, 0.15) is 0 Å². The first kappa shape index (κ1) is 13.9. The zero-order chi connectivity index (χ0) is 12.1. The number of rotatable bonds is 5. The van der Waals surface area contributed by atoms with E-state index in [9.17, 15) is 0 Å². The lowest BCUT2D eigenvalue weighted by atomic mass is 10.1. The minimum atomic E-state index is 0.0483. The van der Waals surface area contributed by atoms with Crippen molar-refractivity contribution in [3.8, 4) is 0 Å². The number of hydrogen-bond acceptors (Lipinski definition) is 2. The molecule has 0 spiro atoms. The lowest BCUT2D eigenvalue weighted by Gasteiger charge is -2.10. The second kappa shape index (κ2) is 6.53. The number of nitrogens with two attached hydrogens (primary N) is 1. The van der Waals surface area contributed by atoms with Gasteiger partial charge >= 0.3 is 0 Å². The van der Waals surface area contributed by atoms with Gasteiger partial charge in [0.15, 0.2) is 0 Å². The molecular formula is C13H20ClNS. The third kappa shape index (κ3) is 4.36. The van der Waals surface area contributed by atoms with Gasteiger partial charge in [-0.25, -0.2) is 0 Å². The normalized spacial score (nSPS) is 13.1. The molecule has 90 valence electrons. The SMILES string of the molecule is CC(C)CCSc1ccc(C(C)N)cc1Cl. The molecule has 0 saturated carbocycles. The Morgan fingerprint density at radius 2 is 2.00 bits per heavy atom. The maximum absolute atomic E-state index is 6.21. The highest BCUT2D eigenvalue weighted by Gasteiger charge is 2.05. The van der Waals surface area contributed by atoms with Crippen molar-refractivity contribution in [2.24, 2.45) is 11.7 Å². The fourth-order valence-electron chi connectivity index (χ4n) is 1.32. The van der Waals surface area contributed by atoms with Crippen LogP contribution in [0.3, 0.4) is 0 Å². The Balaban J connectivity index is 2.61. The first-order valence-electron chi connectivity index (χ1n) is 5.68.